The Labute approximate surface area is 184 Å². The molecule has 170 valence electrons. The van der Waals surface area contributed by atoms with Gasteiger partial charge in [-0.05, 0) is 43.2 Å². The van der Waals surface area contributed by atoms with Crippen molar-refractivity contribution >= 4 is 31.6 Å². The zero-order valence-corrected chi connectivity index (χ0v) is 19.8. The quantitative estimate of drug-likeness (QED) is 0.538. The summed E-state index contributed by atoms with van der Waals surface area (Å²) >= 11 is 0. The highest BCUT2D eigenvalue weighted by Gasteiger charge is 2.27. The number of carbonyl (C=O) groups is 1. The van der Waals surface area contributed by atoms with E-state index in [1.165, 1.54) is 30.3 Å². The Bertz CT molecular complexity index is 1150. The molecule has 31 heavy (non-hydrogen) atoms. The Balaban J connectivity index is 2.34. The number of carbonyl (C=O) groups excluding carboxylic acids is 1. The number of rotatable bonds is 9. The molecule has 1 amide bonds. The van der Waals surface area contributed by atoms with Crippen LogP contribution in [0.1, 0.15) is 17.5 Å². The Morgan fingerprint density at radius 3 is 2.13 bits per heavy atom. The molecule has 0 unspecified atom stereocenters. The van der Waals surface area contributed by atoms with Crippen LogP contribution in [0.5, 0.6) is 0 Å². The van der Waals surface area contributed by atoms with E-state index in [0.29, 0.717) is 11.1 Å². The molecule has 0 atom stereocenters. The second kappa shape index (κ2) is 9.77. The highest BCUT2D eigenvalue weighted by Crippen LogP contribution is 2.32. The minimum atomic E-state index is -3.96. The predicted molar refractivity (Wildman–Crippen MR) is 120 cm³/mol. The van der Waals surface area contributed by atoms with Crippen molar-refractivity contribution < 1.29 is 21.6 Å². The van der Waals surface area contributed by atoms with Crippen LogP contribution in [0.3, 0.4) is 0 Å². The lowest BCUT2D eigenvalue weighted by atomic mass is 10.1. The van der Waals surface area contributed by atoms with Crippen molar-refractivity contribution in [1.29, 1.82) is 0 Å². The average Bonchev–Trinajstić information content (AvgIpc) is 2.67. The fraction of sp³-hybridized carbons (Fsp3) is 0.350. The molecular weight excluding hydrogens is 440 g/mol. The fourth-order valence-electron chi connectivity index (χ4n) is 3.15. The standard InChI is InChI=1S/C20H28N4O5S2/c1-15-11-12-18(30(26,27)21-14-13-19(25)22-23(3)4)16(2)20(15)24(5)31(28,29)17-9-7-6-8-10-17/h6-12,21H,13-14H2,1-5H3,(H,22,25). The first-order valence-corrected chi connectivity index (χ1v) is 12.4. The van der Waals surface area contributed by atoms with Gasteiger partial charge in [0.25, 0.3) is 10.0 Å². The van der Waals surface area contributed by atoms with Gasteiger partial charge in [-0.25, -0.2) is 26.6 Å². The van der Waals surface area contributed by atoms with Crippen LogP contribution in [0.4, 0.5) is 5.69 Å². The first-order chi connectivity index (χ1) is 14.4. The van der Waals surface area contributed by atoms with Crippen molar-refractivity contribution in [1.82, 2.24) is 15.2 Å². The largest absolute Gasteiger partial charge is 0.289 e. The summed E-state index contributed by atoms with van der Waals surface area (Å²) in [5.74, 6) is -0.331. The SMILES string of the molecule is Cc1ccc(S(=O)(=O)NCCC(=O)NN(C)C)c(C)c1N(C)S(=O)(=O)c1ccccc1. The second-order valence-electron chi connectivity index (χ2n) is 7.22. The van der Waals surface area contributed by atoms with Gasteiger partial charge in [-0.1, -0.05) is 24.3 Å². The van der Waals surface area contributed by atoms with E-state index in [2.05, 4.69) is 10.1 Å². The molecule has 0 fully saturated rings. The lowest BCUT2D eigenvalue weighted by molar-refractivity contribution is -0.124. The fourth-order valence-corrected chi connectivity index (χ4v) is 5.76. The van der Waals surface area contributed by atoms with E-state index >= 15 is 0 Å². The molecule has 0 aliphatic carbocycles. The van der Waals surface area contributed by atoms with E-state index in [4.69, 9.17) is 0 Å². The summed E-state index contributed by atoms with van der Waals surface area (Å²) in [6.07, 6.45) is -0.0442. The third kappa shape index (κ3) is 5.82. The number of nitrogens with one attached hydrogen (secondary N) is 2. The lowest BCUT2D eigenvalue weighted by Crippen LogP contribution is -2.38. The first kappa shape index (κ1) is 24.8. The van der Waals surface area contributed by atoms with Gasteiger partial charge in [0.2, 0.25) is 15.9 Å². The van der Waals surface area contributed by atoms with Crippen LogP contribution >= 0.6 is 0 Å². The highest BCUT2D eigenvalue weighted by molar-refractivity contribution is 7.92. The van der Waals surface area contributed by atoms with E-state index in [-0.39, 0.29) is 34.4 Å². The van der Waals surface area contributed by atoms with E-state index < -0.39 is 20.0 Å². The van der Waals surface area contributed by atoms with Gasteiger partial charge < -0.3 is 0 Å². The number of hydrogen-bond donors (Lipinski definition) is 2. The smallest absolute Gasteiger partial charge is 0.264 e. The Morgan fingerprint density at radius 1 is 0.935 bits per heavy atom. The van der Waals surface area contributed by atoms with Crippen LogP contribution in [0.15, 0.2) is 52.3 Å². The minimum Gasteiger partial charge on any atom is -0.289 e. The molecule has 0 aliphatic heterocycles. The summed E-state index contributed by atoms with van der Waals surface area (Å²) in [4.78, 5) is 11.8. The summed E-state index contributed by atoms with van der Waals surface area (Å²) in [6, 6.07) is 10.9. The van der Waals surface area contributed by atoms with Crippen molar-refractivity contribution in [2.75, 3.05) is 32.0 Å². The third-order valence-corrected chi connectivity index (χ3v) is 7.96. The lowest BCUT2D eigenvalue weighted by Gasteiger charge is -2.25. The number of sulfonamides is 2. The number of aryl methyl sites for hydroxylation is 1. The minimum absolute atomic E-state index is 0.0442. The van der Waals surface area contributed by atoms with Gasteiger partial charge in [-0.3, -0.25) is 14.5 Å². The summed E-state index contributed by atoms with van der Waals surface area (Å²) in [6.45, 7) is 3.18. The molecule has 2 rings (SSSR count). The molecule has 11 heteroatoms. The molecular formula is C20H28N4O5S2. The van der Waals surface area contributed by atoms with Gasteiger partial charge in [0.05, 0.1) is 15.5 Å². The molecule has 0 aromatic heterocycles. The molecule has 9 nitrogen and oxygen atoms in total. The van der Waals surface area contributed by atoms with Crippen molar-refractivity contribution in [2.24, 2.45) is 0 Å². The van der Waals surface area contributed by atoms with Gasteiger partial charge in [0, 0.05) is 34.1 Å². The van der Waals surface area contributed by atoms with Crippen molar-refractivity contribution in [3.05, 3.63) is 53.6 Å². The Hall–Kier alpha value is -2.47. The van der Waals surface area contributed by atoms with E-state index in [9.17, 15) is 21.6 Å². The summed E-state index contributed by atoms with van der Waals surface area (Å²) < 4.78 is 55.3. The van der Waals surface area contributed by atoms with Crippen LogP contribution in [0, 0.1) is 13.8 Å². The highest BCUT2D eigenvalue weighted by atomic mass is 32.2. The topological polar surface area (TPSA) is 116 Å². The van der Waals surface area contributed by atoms with Gasteiger partial charge in [0.1, 0.15) is 0 Å². The van der Waals surface area contributed by atoms with Crippen molar-refractivity contribution in [3.63, 3.8) is 0 Å². The van der Waals surface area contributed by atoms with Crippen LogP contribution in [-0.4, -0.2) is 55.4 Å². The zero-order chi connectivity index (χ0) is 23.4. The number of hydrazine groups is 1. The van der Waals surface area contributed by atoms with Crippen molar-refractivity contribution in [2.45, 2.75) is 30.1 Å². The third-order valence-electron chi connectivity index (χ3n) is 4.58. The number of amides is 1. The number of nitrogens with zero attached hydrogens (tertiary/aromatic N) is 2. The maximum absolute atomic E-state index is 13.0. The van der Waals surface area contributed by atoms with Gasteiger partial charge in [0.15, 0.2) is 0 Å². The summed E-state index contributed by atoms with van der Waals surface area (Å²) in [7, 11) is -3.14. The molecule has 2 aromatic rings. The molecule has 0 heterocycles. The molecule has 0 bridgehead atoms. The second-order valence-corrected chi connectivity index (χ2v) is 10.9. The van der Waals surface area contributed by atoms with Gasteiger partial charge in [-0.2, -0.15) is 0 Å². The number of benzene rings is 2. The van der Waals surface area contributed by atoms with Crippen LogP contribution in [-0.2, 0) is 24.8 Å². The van der Waals surface area contributed by atoms with Crippen LogP contribution in [0.25, 0.3) is 0 Å². The number of hydrogen-bond acceptors (Lipinski definition) is 6. The van der Waals surface area contributed by atoms with Gasteiger partial charge in [-0.15, -0.1) is 0 Å². The van der Waals surface area contributed by atoms with Gasteiger partial charge >= 0.3 is 0 Å². The predicted octanol–water partition coefficient (Wildman–Crippen LogP) is 1.39. The van der Waals surface area contributed by atoms with E-state index in [1.807, 2.05) is 0 Å². The first-order valence-electron chi connectivity index (χ1n) is 9.48. The normalized spacial score (nSPS) is 12.1. The maximum atomic E-state index is 13.0. The zero-order valence-electron chi connectivity index (χ0n) is 18.2. The molecule has 2 aromatic carbocycles. The molecule has 0 saturated carbocycles. The average molecular weight is 469 g/mol. The Morgan fingerprint density at radius 2 is 1.55 bits per heavy atom. The molecule has 0 spiro atoms. The number of anilines is 1. The summed E-state index contributed by atoms with van der Waals surface area (Å²) in [5, 5.41) is 1.47. The van der Waals surface area contributed by atoms with E-state index in [1.54, 1.807) is 52.2 Å². The molecule has 0 aliphatic rings. The van der Waals surface area contributed by atoms with Crippen molar-refractivity contribution in [3.8, 4) is 0 Å². The molecule has 0 radical (unpaired) electrons. The summed E-state index contributed by atoms with van der Waals surface area (Å²) in [5.41, 5.74) is 3.73. The Kier molecular flexibility index (Phi) is 7.82. The molecule has 0 saturated heterocycles. The molecule has 2 N–H and O–H groups in total. The van der Waals surface area contributed by atoms with Crippen LogP contribution in [0.2, 0.25) is 0 Å². The maximum Gasteiger partial charge on any atom is 0.264 e. The van der Waals surface area contributed by atoms with Crippen LogP contribution < -0.4 is 14.5 Å². The monoisotopic (exact) mass is 468 g/mol. The van der Waals surface area contributed by atoms with E-state index in [0.717, 1.165) is 4.31 Å².